The lowest BCUT2D eigenvalue weighted by atomic mass is 10.1. The van der Waals surface area contributed by atoms with Crippen molar-refractivity contribution in [1.29, 1.82) is 0 Å². The van der Waals surface area contributed by atoms with E-state index >= 15 is 0 Å². The van der Waals surface area contributed by atoms with Gasteiger partial charge in [-0.15, -0.1) is 0 Å². The van der Waals surface area contributed by atoms with Crippen molar-refractivity contribution in [2.75, 3.05) is 13.1 Å². The van der Waals surface area contributed by atoms with Crippen LogP contribution in [0.3, 0.4) is 0 Å². The summed E-state index contributed by atoms with van der Waals surface area (Å²) in [7, 11) is -3.54. The Bertz CT molecular complexity index is 635. The lowest BCUT2D eigenvalue weighted by Gasteiger charge is -2.19. The maximum absolute atomic E-state index is 12.5. The Hall–Kier alpha value is -1.40. The van der Waals surface area contributed by atoms with Crippen LogP contribution in [0, 0.1) is 5.92 Å². The molecule has 1 aliphatic carbocycles. The molecule has 1 aromatic carbocycles. The smallest absolute Gasteiger partial charge is 0.251 e. The number of nitrogens with one attached hydrogen (secondary N) is 1. The zero-order chi connectivity index (χ0) is 16.3. The van der Waals surface area contributed by atoms with Crippen molar-refractivity contribution in [1.82, 2.24) is 9.62 Å². The van der Waals surface area contributed by atoms with Gasteiger partial charge in [0, 0.05) is 24.7 Å². The molecule has 1 fully saturated rings. The Balaban J connectivity index is 2.20. The van der Waals surface area contributed by atoms with Crippen molar-refractivity contribution in [3.05, 3.63) is 29.8 Å². The predicted octanol–water partition coefficient (Wildman–Crippen LogP) is 2.25. The first kappa shape index (κ1) is 17.0. The maximum atomic E-state index is 12.5. The zero-order valence-electron chi connectivity index (χ0n) is 13.4. The van der Waals surface area contributed by atoms with Gasteiger partial charge in [0.25, 0.3) is 5.91 Å². The van der Waals surface area contributed by atoms with Gasteiger partial charge < -0.3 is 5.32 Å². The highest BCUT2D eigenvalue weighted by Crippen LogP contribution is 2.32. The third-order valence-corrected chi connectivity index (χ3v) is 6.17. The quantitative estimate of drug-likeness (QED) is 0.836. The molecule has 1 saturated carbocycles. The lowest BCUT2D eigenvalue weighted by molar-refractivity contribution is 0.0935. The van der Waals surface area contributed by atoms with Crippen LogP contribution in [-0.2, 0) is 10.0 Å². The highest BCUT2D eigenvalue weighted by molar-refractivity contribution is 7.89. The second-order valence-corrected chi connectivity index (χ2v) is 7.65. The van der Waals surface area contributed by atoms with E-state index in [0.717, 1.165) is 12.8 Å². The van der Waals surface area contributed by atoms with Gasteiger partial charge in [-0.05, 0) is 43.9 Å². The van der Waals surface area contributed by atoms with Crippen molar-refractivity contribution >= 4 is 15.9 Å². The summed E-state index contributed by atoms with van der Waals surface area (Å²) in [6, 6.07) is 6.40. The van der Waals surface area contributed by atoms with Crippen molar-refractivity contribution in [3.8, 4) is 0 Å². The number of hydrogen-bond acceptors (Lipinski definition) is 3. The van der Waals surface area contributed by atoms with Crippen LogP contribution >= 0.6 is 0 Å². The van der Waals surface area contributed by atoms with Crippen LogP contribution in [0.25, 0.3) is 0 Å². The average molecular weight is 324 g/mol. The van der Waals surface area contributed by atoms with Crippen LogP contribution < -0.4 is 5.32 Å². The summed E-state index contributed by atoms with van der Waals surface area (Å²) in [6.07, 6.45) is 2.30. The molecule has 0 bridgehead atoms. The standard InChI is InChI=1S/C16H24N2O3S/c1-4-18(5-2)22(20,21)15-8-6-7-14(11-15)16(19)17-12(3)13-9-10-13/h6-8,11-13H,4-5,9-10H2,1-3H3,(H,17,19)/t12-/m0/s1. The highest BCUT2D eigenvalue weighted by atomic mass is 32.2. The minimum Gasteiger partial charge on any atom is -0.349 e. The molecule has 0 aliphatic heterocycles. The molecule has 0 saturated heterocycles. The van der Waals surface area contributed by atoms with Gasteiger partial charge in [0.2, 0.25) is 10.0 Å². The number of carbonyl (C=O) groups is 1. The van der Waals surface area contributed by atoms with Crippen LogP contribution in [0.5, 0.6) is 0 Å². The summed E-state index contributed by atoms with van der Waals surface area (Å²) in [4.78, 5) is 12.4. The molecule has 0 radical (unpaired) electrons. The number of nitrogens with zero attached hydrogens (tertiary/aromatic N) is 1. The minimum atomic E-state index is -3.54. The Kier molecular flexibility index (Phi) is 5.24. The van der Waals surface area contributed by atoms with Gasteiger partial charge in [0.1, 0.15) is 0 Å². The fourth-order valence-electron chi connectivity index (χ4n) is 2.51. The first-order valence-corrected chi connectivity index (χ1v) is 9.25. The lowest BCUT2D eigenvalue weighted by Crippen LogP contribution is -2.34. The van der Waals surface area contributed by atoms with Gasteiger partial charge in [0.05, 0.1) is 4.90 Å². The maximum Gasteiger partial charge on any atom is 0.251 e. The third-order valence-electron chi connectivity index (χ3n) is 4.13. The third kappa shape index (κ3) is 3.67. The van der Waals surface area contributed by atoms with Crippen LogP contribution in [0.15, 0.2) is 29.2 Å². The molecule has 5 nitrogen and oxygen atoms in total. The molecule has 0 heterocycles. The molecule has 2 rings (SSSR count). The van der Waals surface area contributed by atoms with Crippen LogP contribution in [0.4, 0.5) is 0 Å². The molecular formula is C16H24N2O3S. The Labute approximate surface area is 132 Å². The van der Waals surface area contributed by atoms with Gasteiger partial charge in [0.15, 0.2) is 0 Å². The van der Waals surface area contributed by atoms with Crippen LogP contribution in [-0.4, -0.2) is 37.8 Å². The van der Waals surface area contributed by atoms with Gasteiger partial charge in [-0.1, -0.05) is 19.9 Å². The predicted molar refractivity (Wildman–Crippen MR) is 86.2 cm³/mol. The molecule has 0 unspecified atom stereocenters. The number of amides is 1. The summed E-state index contributed by atoms with van der Waals surface area (Å²) in [5.74, 6) is 0.350. The summed E-state index contributed by atoms with van der Waals surface area (Å²) in [5.41, 5.74) is 0.390. The topological polar surface area (TPSA) is 66.5 Å². The Morgan fingerprint density at radius 1 is 1.32 bits per heavy atom. The van der Waals surface area contributed by atoms with E-state index in [1.165, 1.54) is 16.4 Å². The molecule has 122 valence electrons. The Morgan fingerprint density at radius 2 is 1.95 bits per heavy atom. The zero-order valence-corrected chi connectivity index (χ0v) is 14.2. The van der Waals surface area contributed by atoms with Crippen molar-refractivity contribution < 1.29 is 13.2 Å². The molecule has 0 spiro atoms. The number of hydrogen-bond donors (Lipinski definition) is 1. The number of benzene rings is 1. The number of carbonyl (C=O) groups excluding carboxylic acids is 1. The van der Waals surface area contributed by atoms with E-state index < -0.39 is 10.0 Å². The van der Waals surface area contributed by atoms with Crippen molar-refractivity contribution in [2.24, 2.45) is 5.92 Å². The Morgan fingerprint density at radius 3 is 2.50 bits per heavy atom. The van der Waals surface area contributed by atoms with Crippen LogP contribution in [0.2, 0.25) is 0 Å². The average Bonchev–Trinajstić information content (AvgIpc) is 3.33. The van der Waals surface area contributed by atoms with E-state index in [9.17, 15) is 13.2 Å². The molecular weight excluding hydrogens is 300 g/mol. The van der Waals surface area contributed by atoms with E-state index in [-0.39, 0.29) is 16.8 Å². The molecule has 1 amide bonds. The molecule has 1 aromatic rings. The normalized spacial score (nSPS) is 16.5. The minimum absolute atomic E-state index is 0.135. The second kappa shape index (κ2) is 6.79. The largest absolute Gasteiger partial charge is 0.349 e. The fourth-order valence-corrected chi connectivity index (χ4v) is 4.02. The summed E-state index contributed by atoms with van der Waals surface area (Å²) < 4.78 is 26.4. The van der Waals surface area contributed by atoms with Crippen LogP contribution in [0.1, 0.15) is 44.0 Å². The van der Waals surface area contributed by atoms with Gasteiger partial charge in [-0.3, -0.25) is 4.79 Å². The summed E-state index contributed by atoms with van der Waals surface area (Å²) >= 11 is 0. The van der Waals surface area contributed by atoms with E-state index in [1.54, 1.807) is 26.0 Å². The van der Waals surface area contributed by atoms with E-state index in [1.807, 2.05) is 6.92 Å². The van der Waals surface area contributed by atoms with Crippen molar-refractivity contribution in [3.63, 3.8) is 0 Å². The van der Waals surface area contributed by atoms with E-state index in [0.29, 0.717) is 24.6 Å². The van der Waals surface area contributed by atoms with Gasteiger partial charge >= 0.3 is 0 Å². The monoisotopic (exact) mass is 324 g/mol. The fraction of sp³-hybridized carbons (Fsp3) is 0.562. The summed E-state index contributed by atoms with van der Waals surface area (Å²) in [5, 5.41) is 2.95. The molecule has 1 atom stereocenters. The van der Waals surface area contributed by atoms with E-state index in [2.05, 4.69) is 5.32 Å². The van der Waals surface area contributed by atoms with E-state index in [4.69, 9.17) is 0 Å². The van der Waals surface area contributed by atoms with Gasteiger partial charge in [-0.25, -0.2) is 8.42 Å². The highest BCUT2D eigenvalue weighted by Gasteiger charge is 2.29. The van der Waals surface area contributed by atoms with Gasteiger partial charge in [-0.2, -0.15) is 4.31 Å². The molecule has 22 heavy (non-hydrogen) atoms. The molecule has 1 aliphatic rings. The number of sulfonamides is 1. The molecule has 6 heteroatoms. The first-order chi connectivity index (χ1) is 10.4. The first-order valence-electron chi connectivity index (χ1n) is 7.81. The van der Waals surface area contributed by atoms with Crippen molar-refractivity contribution in [2.45, 2.75) is 44.6 Å². The SMILES string of the molecule is CCN(CC)S(=O)(=O)c1cccc(C(=O)N[C@@H](C)C2CC2)c1. The second-order valence-electron chi connectivity index (χ2n) is 5.72. The number of rotatable bonds is 7. The summed E-state index contributed by atoms with van der Waals surface area (Å²) in [6.45, 7) is 6.41. The molecule has 1 N–H and O–H groups in total. The molecule has 0 aromatic heterocycles.